The van der Waals surface area contributed by atoms with Gasteiger partial charge in [-0.25, -0.2) is 18.0 Å². The molecule has 11 heteroatoms. The molecule has 0 bridgehead atoms. The summed E-state index contributed by atoms with van der Waals surface area (Å²) in [6.07, 6.45) is -11.2. The average Bonchev–Trinajstić information content (AvgIpc) is 2.26. The Bertz CT molecular complexity index is 405. The minimum atomic E-state index is -6.55. The molecule has 0 N–H and O–H groups in total. The van der Waals surface area contributed by atoms with Crippen LogP contribution in [0.2, 0.25) is 0 Å². The SMILES string of the molecule is C=C(C)C(=O)OC(F)CC(F)(F)C(F)(F)C(F)(F)C(F)F. The first-order valence-electron chi connectivity index (χ1n) is 5.09. The summed E-state index contributed by atoms with van der Waals surface area (Å²) in [4.78, 5) is 10.7. The predicted molar refractivity (Wildman–Crippen MR) is 51.3 cm³/mol. The van der Waals surface area contributed by atoms with Crippen molar-refractivity contribution in [3.63, 3.8) is 0 Å². The van der Waals surface area contributed by atoms with E-state index in [-0.39, 0.29) is 0 Å². The second kappa shape index (κ2) is 6.14. The third-order valence-electron chi connectivity index (χ3n) is 2.15. The van der Waals surface area contributed by atoms with Gasteiger partial charge in [0, 0.05) is 5.57 Å². The quantitative estimate of drug-likeness (QED) is 0.401. The molecule has 0 aromatic rings. The first-order valence-corrected chi connectivity index (χ1v) is 5.09. The van der Waals surface area contributed by atoms with Crippen LogP contribution in [-0.4, -0.2) is 36.5 Å². The summed E-state index contributed by atoms with van der Waals surface area (Å²) in [5, 5.41) is 0. The van der Waals surface area contributed by atoms with Crippen LogP contribution in [0.4, 0.5) is 39.5 Å². The van der Waals surface area contributed by atoms with Crippen molar-refractivity contribution in [1.29, 1.82) is 0 Å². The molecule has 2 nitrogen and oxygen atoms in total. The maximum Gasteiger partial charge on any atom is 0.378 e. The van der Waals surface area contributed by atoms with Crippen LogP contribution in [0.15, 0.2) is 12.2 Å². The molecule has 124 valence electrons. The fourth-order valence-corrected chi connectivity index (χ4v) is 0.969. The van der Waals surface area contributed by atoms with Gasteiger partial charge in [0.15, 0.2) is 0 Å². The van der Waals surface area contributed by atoms with E-state index in [1.165, 1.54) is 0 Å². The van der Waals surface area contributed by atoms with Crippen LogP contribution in [0.5, 0.6) is 0 Å². The van der Waals surface area contributed by atoms with Crippen LogP contribution in [0.1, 0.15) is 13.3 Å². The van der Waals surface area contributed by atoms with Crippen molar-refractivity contribution >= 4 is 5.97 Å². The Morgan fingerprint density at radius 2 is 1.52 bits per heavy atom. The third-order valence-corrected chi connectivity index (χ3v) is 2.15. The number of hydrogen-bond acceptors (Lipinski definition) is 2. The molecule has 0 fully saturated rings. The van der Waals surface area contributed by atoms with Gasteiger partial charge in [-0.15, -0.1) is 0 Å². The van der Waals surface area contributed by atoms with E-state index in [0.29, 0.717) is 0 Å². The molecular formula is C10H9F9O2. The van der Waals surface area contributed by atoms with Crippen molar-refractivity contribution in [2.75, 3.05) is 0 Å². The molecule has 1 unspecified atom stereocenters. The molecular weight excluding hydrogens is 323 g/mol. The van der Waals surface area contributed by atoms with Crippen molar-refractivity contribution in [3.8, 4) is 0 Å². The van der Waals surface area contributed by atoms with Crippen LogP contribution < -0.4 is 0 Å². The molecule has 0 aliphatic heterocycles. The third kappa shape index (κ3) is 4.03. The van der Waals surface area contributed by atoms with Crippen molar-refractivity contribution in [2.45, 2.75) is 43.9 Å². The molecule has 0 aliphatic carbocycles. The highest BCUT2D eigenvalue weighted by molar-refractivity contribution is 5.86. The highest BCUT2D eigenvalue weighted by atomic mass is 19.4. The summed E-state index contributed by atoms with van der Waals surface area (Å²) in [6.45, 7) is 3.88. The van der Waals surface area contributed by atoms with E-state index in [2.05, 4.69) is 11.3 Å². The number of esters is 1. The summed E-state index contributed by atoms with van der Waals surface area (Å²) in [6, 6.07) is 0. The number of halogens is 9. The monoisotopic (exact) mass is 332 g/mol. The van der Waals surface area contributed by atoms with E-state index in [1.807, 2.05) is 0 Å². The van der Waals surface area contributed by atoms with Crippen LogP contribution in [0.3, 0.4) is 0 Å². The number of alkyl halides is 9. The fourth-order valence-electron chi connectivity index (χ4n) is 0.969. The first-order chi connectivity index (χ1) is 9.16. The second-order valence-corrected chi connectivity index (χ2v) is 4.00. The van der Waals surface area contributed by atoms with Crippen molar-refractivity contribution in [1.82, 2.24) is 0 Å². The first kappa shape index (κ1) is 19.6. The van der Waals surface area contributed by atoms with Gasteiger partial charge in [-0.3, -0.25) is 0 Å². The lowest BCUT2D eigenvalue weighted by atomic mass is 10.0. The highest BCUT2D eigenvalue weighted by Crippen LogP contribution is 2.50. The smallest absolute Gasteiger partial charge is 0.378 e. The zero-order valence-corrected chi connectivity index (χ0v) is 10.3. The summed E-state index contributed by atoms with van der Waals surface area (Å²) < 4.78 is 116. The lowest BCUT2D eigenvalue weighted by Gasteiger charge is -2.32. The lowest BCUT2D eigenvalue weighted by molar-refractivity contribution is -0.345. The number of ether oxygens (including phenoxy) is 1. The molecule has 21 heavy (non-hydrogen) atoms. The minimum Gasteiger partial charge on any atom is -0.428 e. The van der Waals surface area contributed by atoms with Crippen LogP contribution in [0.25, 0.3) is 0 Å². The Morgan fingerprint density at radius 1 is 1.10 bits per heavy atom. The Hall–Kier alpha value is -1.42. The molecule has 0 aromatic carbocycles. The molecule has 0 aliphatic rings. The Morgan fingerprint density at radius 3 is 1.86 bits per heavy atom. The van der Waals surface area contributed by atoms with Crippen LogP contribution >= 0.6 is 0 Å². The molecule has 1 atom stereocenters. The molecule has 0 radical (unpaired) electrons. The molecule has 0 aromatic heterocycles. The molecule has 0 amide bonds. The van der Waals surface area contributed by atoms with Crippen LogP contribution in [-0.2, 0) is 9.53 Å². The Balaban J connectivity index is 5.12. The average molecular weight is 332 g/mol. The number of hydrogen-bond donors (Lipinski definition) is 0. The highest BCUT2D eigenvalue weighted by Gasteiger charge is 2.75. The van der Waals surface area contributed by atoms with E-state index < -0.39 is 48.5 Å². The molecule has 0 saturated heterocycles. The number of rotatable bonds is 7. The van der Waals surface area contributed by atoms with Gasteiger partial charge in [0.25, 0.3) is 0 Å². The number of carbonyl (C=O) groups is 1. The summed E-state index contributed by atoms with van der Waals surface area (Å²) in [7, 11) is 0. The van der Waals surface area contributed by atoms with Crippen molar-refractivity contribution < 1.29 is 49.0 Å². The molecule has 0 rings (SSSR count). The van der Waals surface area contributed by atoms with Gasteiger partial charge < -0.3 is 4.74 Å². The van der Waals surface area contributed by atoms with E-state index in [9.17, 15) is 44.3 Å². The van der Waals surface area contributed by atoms with Gasteiger partial charge in [-0.1, -0.05) is 6.58 Å². The Kier molecular flexibility index (Phi) is 5.73. The summed E-state index contributed by atoms with van der Waals surface area (Å²) >= 11 is 0. The van der Waals surface area contributed by atoms with E-state index >= 15 is 0 Å². The van der Waals surface area contributed by atoms with Gasteiger partial charge in [0.1, 0.15) is 0 Å². The zero-order valence-electron chi connectivity index (χ0n) is 10.3. The molecule has 0 spiro atoms. The summed E-state index contributed by atoms with van der Waals surface area (Å²) in [5.41, 5.74) is -0.481. The largest absolute Gasteiger partial charge is 0.428 e. The maximum atomic E-state index is 12.9. The molecule has 0 saturated carbocycles. The normalized spacial score (nSPS) is 15.0. The maximum absolute atomic E-state index is 12.9. The second-order valence-electron chi connectivity index (χ2n) is 4.00. The van der Waals surface area contributed by atoms with Gasteiger partial charge in [0.2, 0.25) is 6.36 Å². The van der Waals surface area contributed by atoms with Crippen molar-refractivity contribution in [2.24, 2.45) is 0 Å². The standard InChI is InChI=1S/C10H9F9O2/c1-4(2)6(20)21-5(11)3-8(14,15)10(18,19)9(16,17)7(12)13/h5,7H,1,3H2,2H3. The fraction of sp³-hybridized carbons (Fsp3) is 0.700. The number of carbonyl (C=O) groups excluding carboxylic acids is 1. The van der Waals surface area contributed by atoms with Gasteiger partial charge >= 0.3 is 30.2 Å². The van der Waals surface area contributed by atoms with E-state index in [0.717, 1.165) is 6.92 Å². The lowest BCUT2D eigenvalue weighted by Crippen LogP contribution is -2.58. The van der Waals surface area contributed by atoms with Crippen LogP contribution in [0, 0.1) is 0 Å². The zero-order chi connectivity index (χ0) is 17.2. The molecule has 0 heterocycles. The predicted octanol–water partition coefficient (Wildman–Crippen LogP) is 3.96. The topological polar surface area (TPSA) is 26.3 Å². The van der Waals surface area contributed by atoms with Gasteiger partial charge in [-0.2, -0.15) is 26.3 Å². The van der Waals surface area contributed by atoms with Gasteiger partial charge in [-0.05, 0) is 6.92 Å². The van der Waals surface area contributed by atoms with E-state index in [1.54, 1.807) is 0 Å². The Labute approximate surface area is 112 Å². The summed E-state index contributed by atoms with van der Waals surface area (Å²) in [5.74, 6) is -20.4. The van der Waals surface area contributed by atoms with Crippen molar-refractivity contribution in [3.05, 3.63) is 12.2 Å². The van der Waals surface area contributed by atoms with E-state index in [4.69, 9.17) is 0 Å². The van der Waals surface area contributed by atoms with Gasteiger partial charge in [0.05, 0.1) is 6.42 Å². The minimum absolute atomic E-state index is 0.481.